The lowest BCUT2D eigenvalue weighted by Crippen LogP contribution is -1.98. The van der Waals surface area contributed by atoms with Crippen molar-refractivity contribution in [2.24, 2.45) is 0 Å². The number of carboxylic acid groups (broad SMARTS) is 1. The molecule has 0 bridgehead atoms. The van der Waals surface area contributed by atoms with Crippen LogP contribution in [-0.2, 0) is 0 Å². The van der Waals surface area contributed by atoms with Crippen molar-refractivity contribution in [1.29, 1.82) is 0 Å². The van der Waals surface area contributed by atoms with E-state index in [1.807, 2.05) is 17.5 Å². The maximum absolute atomic E-state index is 11.4. The summed E-state index contributed by atoms with van der Waals surface area (Å²) in [6.07, 6.45) is 0. The third-order valence-corrected chi connectivity index (χ3v) is 4.83. The maximum Gasteiger partial charge on any atom is 0.358 e. The second-order valence-electron chi connectivity index (χ2n) is 4.11. The Labute approximate surface area is 137 Å². The van der Waals surface area contributed by atoms with Crippen LogP contribution in [0.3, 0.4) is 0 Å². The normalized spacial score (nSPS) is 10.8. The predicted octanol–water partition coefficient (Wildman–Crippen LogP) is 5.18. The summed E-state index contributed by atoms with van der Waals surface area (Å²) in [6, 6.07) is 8.76. The molecule has 0 saturated carbocycles. The highest BCUT2D eigenvalue weighted by molar-refractivity contribution is 9.10. The molecule has 21 heavy (non-hydrogen) atoms. The van der Waals surface area contributed by atoms with Crippen molar-refractivity contribution in [3.63, 3.8) is 0 Å². The van der Waals surface area contributed by atoms with Crippen molar-refractivity contribution < 1.29 is 14.3 Å². The molecular formula is C14H7BrClNO3S. The number of carbonyl (C=O) groups is 1. The number of nitrogens with zero attached hydrogens (tertiary/aromatic N) is 1. The van der Waals surface area contributed by atoms with Crippen LogP contribution >= 0.6 is 38.9 Å². The van der Waals surface area contributed by atoms with E-state index in [1.54, 1.807) is 18.2 Å². The molecule has 0 spiro atoms. The van der Waals surface area contributed by atoms with Crippen LogP contribution in [0.1, 0.15) is 10.5 Å². The first kappa shape index (κ1) is 14.3. The van der Waals surface area contributed by atoms with Gasteiger partial charge in [-0.25, -0.2) is 9.78 Å². The molecule has 0 fully saturated rings. The van der Waals surface area contributed by atoms with Crippen LogP contribution in [0.2, 0.25) is 5.02 Å². The Bertz CT molecular complexity index is 814. The van der Waals surface area contributed by atoms with E-state index in [0.717, 1.165) is 9.35 Å². The molecule has 0 atom stereocenters. The Hall–Kier alpha value is -1.63. The highest BCUT2D eigenvalue weighted by atomic mass is 79.9. The quantitative estimate of drug-likeness (QED) is 0.675. The van der Waals surface area contributed by atoms with E-state index in [9.17, 15) is 9.90 Å². The van der Waals surface area contributed by atoms with Crippen molar-refractivity contribution in [3.05, 3.63) is 50.9 Å². The monoisotopic (exact) mass is 383 g/mol. The van der Waals surface area contributed by atoms with Gasteiger partial charge in [0.15, 0.2) is 11.5 Å². The van der Waals surface area contributed by atoms with Gasteiger partial charge in [-0.2, -0.15) is 0 Å². The van der Waals surface area contributed by atoms with Gasteiger partial charge in [0.1, 0.15) is 0 Å². The lowest BCUT2D eigenvalue weighted by molar-refractivity contribution is 0.0691. The largest absolute Gasteiger partial charge is 0.476 e. The number of carboxylic acids is 1. The van der Waals surface area contributed by atoms with E-state index in [2.05, 4.69) is 20.9 Å². The van der Waals surface area contributed by atoms with Gasteiger partial charge in [-0.1, -0.05) is 17.7 Å². The fraction of sp³-hybridized carbons (Fsp3) is 0. The zero-order valence-corrected chi connectivity index (χ0v) is 13.5. The van der Waals surface area contributed by atoms with Crippen LogP contribution in [0.25, 0.3) is 22.1 Å². The van der Waals surface area contributed by atoms with E-state index in [4.69, 9.17) is 16.0 Å². The molecule has 0 unspecified atom stereocenters. The molecular weight excluding hydrogens is 378 g/mol. The van der Waals surface area contributed by atoms with Crippen LogP contribution in [-0.4, -0.2) is 16.1 Å². The summed E-state index contributed by atoms with van der Waals surface area (Å²) in [7, 11) is 0. The summed E-state index contributed by atoms with van der Waals surface area (Å²) < 4.78 is 6.37. The molecule has 1 aromatic carbocycles. The first-order valence-electron chi connectivity index (χ1n) is 5.79. The fourth-order valence-electron chi connectivity index (χ4n) is 1.80. The number of benzene rings is 1. The number of rotatable bonds is 3. The zero-order valence-electron chi connectivity index (χ0n) is 10.3. The first-order valence-corrected chi connectivity index (χ1v) is 7.84. The third-order valence-electron chi connectivity index (χ3n) is 2.74. The number of aromatic carboxylic acids is 1. The number of aromatic nitrogens is 1. The van der Waals surface area contributed by atoms with E-state index in [1.165, 1.54) is 11.3 Å². The number of halogens is 2. The second kappa shape index (κ2) is 5.63. The number of oxazole rings is 1. The van der Waals surface area contributed by atoms with Gasteiger partial charge in [-0.15, -0.1) is 11.3 Å². The lowest BCUT2D eigenvalue weighted by atomic mass is 10.1. The Balaban J connectivity index is 2.16. The summed E-state index contributed by atoms with van der Waals surface area (Å²) in [4.78, 5) is 16.2. The molecule has 0 aliphatic heterocycles. The first-order chi connectivity index (χ1) is 10.1. The van der Waals surface area contributed by atoms with Crippen molar-refractivity contribution in [1.82, 2.24) is 4.98 Å². The van der Waals surface area contributed by atoms with Gasteiger partial charge in [0.05, 0.1) is 9.90 Å². The van der Waals surface area contributed by atoms with Gasteiger partial charge < -0.3 is 9.52 Å². The van der Waals surface area contributed by atoms with Gasteiger partial charge in [-0.05, 0) is 45.6 Å². The van der Waals surface area contributed by atoms with E-state index >= 15 is 0 Å². The number of hydrogen-bond donors (Lipinski definition) is 1. The molecule has 0 aliphatic carbocycles. The zero-order chi connectivity index (χ0) is 15.0. The average molecular weight is 385 g/mol. The van der Waals surface area contributed by atoms with Crippen LogP contribution in [0.5, 0.6) is 0 Å². The predicted molar refractivity (Wildman–Crippen MR) is 84.9 cm³/mol. The average Bonchev–Trinajstić information content (AvgIpc) is 3.09. The molecule has 7 heteroatoms. The highest BCUT2D eigenvalue weighted by Crippen LogP contribution is 2.34. The maximum atomic E-state index is 11.4. The van der Waals surface area contributed by atoms with Gasteiger partial charge in [0, 0.05) is 10.0 Å². The van der Waals surface area contributed by atoms with Crippen molar-refractivity contribution >= 4 is 44.8 Å². The summed E-state index contributed by atoms with van der Waals surface area (Å²) in [5.41, 5.74) is 0.438. The van der Waals surface area contributed by atoms with Gasteiger partial charge in [0.25, 0.3) is 0 Å². The SMILES string of the molecule is O=C(O)c1nc(-c2cccs2)oc1-c1ccc(Br)c(Cl)c1. The van der Waals surface area contributed by atoms with E-state index in [0.29, 0.717) is 10.6 Å². The van der Waals surface area contributed by atoms with E-state index < -0.39 is 5.97 Å². The minimum atomic E-state index is -1.14. The fourth-order valence-corrected chi connectivity index (χ4v) is 2.88. The lowest BCUT2D eigenvalue weighted by Gasteiger charge is -2.00. The Morgan fingerprint density at radius 1 is 1.38 bits per heavy atom. The molecule has 0 amide bonds. The van der Waals surface area contributed by atoms with Crippen LogP contribution < -0.4 is 0 Å². The van der Waals surface area contributed by atoms with E-state index in [-0.39, 0.29) is 17.3 Å². The molecule has 3 rings (SSSR count). The molecule has 2 heterocycles. The second-order valence-corrected chi connectivity index (χ2v) is 6.32. The summed E-state index contributed by atoms with van der Waals surface area (Å²) in [5, 5.41) is 11.6. The Morgan fingerprint density at radius 2 is 2.19 bits per heavy atom. The molecule has 1 N–H and O–H groups in total. The van der Waals surface area contributed by atoms with Crippen molar-refractivity contribution in [3.8, 4) is 22.1 Å². The summed E-state index contributed by atoms with van der Waals surface area (Å²) in [5.74, 6) is -0.660. The number of thiophene rings is 1. The van der Waals surface area contributed by atoms with Crippen LogP contribution in [0.4, 0.5) is 0 Å². The number of hydrogen-bond acceptors (Lipinski definition) is 4. The molecule has 106 valence electrons. The van der Waals surface area contributed by atoms with Crippen LogP contribution in [0, 0.1) is 0 Å². The molecule has 4 nitrogen and oxygen atoms in total. The molecule has 2 aromatic heterocycles. The van der Waals surface area contributed by atoms with Crippen molar-refractivity contribution in [2.75, 3.05) is 0 Å². The summed E-state index contributed by atoms with van der Waals surface area (Å²) in [6.45, 7) is 0. The molecule has 0 saturated heterocycles. The Morgan fingerprint density at radius 3 is 2.81 bits per heavy atom. The topological polar surface area (TPSA) is 63.3 Å². The molecule has 3 aromatic rings. The van der Waals surface area contributed by atoms with Gasteiger partial charge in [0.2, 0.25) is 5.89 Å². The highest BCUT2D eigenvalue weighted by Gasteiger charge is 2.22. The van der Waals surface area contributed by atoms with Crippen LogP contribution in [0.15, 0.2) is 44.6 Å². The Kier molecular flexibility index (Phi) is 3.84. The summed E-state index contributed by atoms with van der Waals surface area (Å²) >= 11 is 10.8. The molecule has 0 radical (unpaired) electrons. The van der Waals surface area contributed by atoms with Crippen molar-refractivity contribution in [2.45, 2.75) is 0 Å². The minimum absolute atomic E-state index is 0.128. The standard InChI is InChI=1S/C14H7BrClNO3S/c15-8-4-3-7(6-9(8)16)12-11(14(18)19)17-13(20-12)10-2-1-5-21-10/h1-6H,(H,18,19). The van der Waals surface area contributed by atoms with Gasteiger partial charge >= 0.3 is 5.97 Å². The molecule has 0 aliphatic rings. The smallest absolute Gasteiger partial charge is 0.358 e. The minimum Gasteiger partial charge on any atom is -0.476 e. The third kappa shape index (κ3) is 2.74. The van der Waals surface area contributed by atoms with Gasteiger partial charge in [-0.3, -0.25) is 0 Å².